The van der Waals surface area contributed by atoms with Crippen molar-refractivity contribution in [3.63, 3.8) is 0 Å². The second-order valence-corrected chi connectivity index (χ2v) is 4.80. The minimum Gasteiger partial charge on any atom is -0.368 e. The van der Waals surface area contributed by atoms with Crippen LogP contribution in [0.5, 0.6) is 0 Å². The molecule has 0 unspecified atom stereocenters. The number of nitrogens with one attached hydrogen (secondary N) is 2. The van der Waals surface area contributed by atoms with E-state index in [1.807, 2.05) is 24.3 Å². The topological polar surface area (TPSA) is 66.9 Å². The van der Waals surface area contributed by atoms with Crippen LogP contribution in [0.3, 0.4) is 0 Å². The van der Waals surface area contributed by atoms with Crippen LogP contribution in [-0.4, -0.2) is 28.7 Å². The van der Waals surface area contributed by atoms with Gasteiger partial charge in [0.2, 0.25) is 5.91 Å². The maximum absolute atomic E-state index is 11.6. The zero-order valence-corrected chi connectivity index (χ0v) is 10.6. The van der Waals surface area contributed by atoms with Crippen molar-refractivity contribution in [2.24, 2.45) is 0 Å². The summed E-state index contributed by atoms with van der Waals surface area (Å²) in [5, 5.41) is 16.3. The van der Waals surface area contributed by atoms with Gasteiger partial charge in [-0.25, -0.2) is 0 Å². The number of amides is 1. The minimum atomic E-state index is 0.100. The third kappa shape index (κ3) is 2.99. The summed E-state index contributed by atoms with van der Waals surface area (Å²) in [6.45, 7) is 0.571. The van der Waals surface area contributed by atoms with Crippen molar-refractivity contribution < 1.29 is 4.79 Å². The largest absolute Gasteiger partial charge is 0.368 e. The highest BCUT2D eigenvalue weighted by atomic mass is 16.1. The number of hydrogen-bond donors (Lipinski definition) is 2. The fraction of sp³-hybridized carbons (Fsp3) is 0.357. The van der Waals surface area contributed by atoms with Gasteiger partial charge in [0.15, 0.2) is 5.82 Å². The van der Waals surface area contributed by atoms with Crippen LogP contribution in [0.25, 0.3) is 10.8 Å². The SMILES string of the molecule is O=C(CCNc1nncc2ccccc12)NC1CC1. The van der Waals surface area contributed by atoms with E-state index in [2.05, 4.69) is 20.8 Å². The summed E-state index contributed by atoms with van der Waals surface area (Å²) in [6.07, 6.45) is 4.43. The molecule has 98 valence electrons. The highest BCUT2D eigenvalue weighted by molar-refractivity contribution is 5.91. The lowest BCUT2D eigenvalue weighted by molar-refractivity contribution is -0.120. The van der Waals surface area contributed by atoms with Gasteiger partial charge in [-0.1, -0.05) is 24.3 Å². The Labute approximate surface area is 111 Å². The fourth-order valence-corrected chi connectivity index (χ4v) is 1.98. The van der Waals surface area contributed by atoms with Crippen LogP contribution in [0.4, 0.5) is 5.82 Å². The summed E-state index contributed by atoms with van der Waals surface area (Å²) in [5.41, 5.74) is 0. The molecule has 2 aromatic rings. The zero-order chi connectivity index (χ0) is 13.1. The maximum atomic E-state index is 11.6. The highest BCUT2D eigenvalue weighted by Gasteiger charge is 2.22. The van der Waals surface area contributed by atoms with Crippen molar-refractivity contribution in [2.75, 3.05) is 11.9 Å². The van der Waals surface area contributed by atoms with E-state index in [1.54, 1.807) is 6.20 Å². The van der Waals surface area contributed by atoms with Crippen LogP contribution in [-0.2, 0) is 4.79 Å². The van der Waals surface area contributed by atoms with Crippen LogP contribution in [0, 0.1) is 0 Å². The van der Waals surface area contributed by atoms with E-state index in [1.165, 1.54) is 0 Å². The molecule has 1 aromatic heterocycles. The summed E-state index contributed by atoms with van der Waals surface area (Å²) in [6, 6.07) is 8.35. The second-order valence-electron chi connectivity index (χ2n) is 4.80. The smallest absolute Gasteiger partial charge is 0.221 e. The molecule has 19 heavy (non-hydrogen) atoms. The first-order chi connectivity index (χ1) is 9.33. The Hall–Kier alpha value is -2.17. The van der Waals surface area contributed by atoms with Crippen LogP contribution < -0.4 is 10.6 Å². The van der Waals surface area contributed by atoms with Crippen molar-refractivity contribution in [2.45, 2.75) is 25.3 Å². The van der Waals surface area contributed by atoms with Crippen LogP contribution in [0.1, 0.15) is 19.3 Å². The van der Waals surface area contributed by atoms with E-state index in [0.717, 1.165) is 29.4 Å². The number of fused-ring (bicyclic) bond motifs is 1. The van der Waals surface area contributed by atoms with Crippen molar-refractivity contribution in [3.05, 3.63) is 30.5 Å². The third-order valence-corrected chi connectivity index (χ3v) is 3.16. The molecular formula is C14H16N4O. The van der Waals surface area contributed by atoms with Gasteiger partial charge in [0.05, 0.1) is 6.20 Å². The van der Waals surface area contributed by atoms with Crippen molar-refractivity contribution in [1.29, 1.82) is 0 Å². The molecule has 3 rings (SSSR count). The Balaban J connectivity index is 1.60. The molecule has 1 aromatic carbocycles. The number of carbonyl (C=O) groups is 1. The van der Waals surface area contributed by atoms with Gasteiger partial charge in [0.25, 0.3) is 0 Å². The lowest BCUT2D eigenvalue weighted by Crippen LogP contribution is -2.27. The lowest BCUT2D eigenvalue weighted by Gasteiger charge is -2.07. The van der Waals surface area contributed by atoms with Crippen LogP contribution in [0.2, 0.25) is 0 Å². The first kappa shape index (κ1) is 11.9. The molecule has 1 saturated carbocycles. The number of hydrogen-bond acceptors (Lipinski definition) is 4. The predicted octanol–water partition coefficient (Wildman–Crippen LogP) is 1.71. The van der Waals surface area contributed by atoms with E-state index < -0.39 is 0 Å². The molecule has 0 spiro atoms. The van der Waals surface area contributed by atoms with Gasteiger partial charge in [0, 0.05) is 29.8 Å². The van der Waals surface area contributed by atoms with Crippen molar-refractivity contribution in [1.82, 2.24) is 15.5 Å². The molecule has 1 aliphatic carbocycles. The second kappa shape index (κ2) is 5.22. The number of aromatic nitrogens is 2. The normalized spacial score (nSPS) is 14.3. The van der Waals surface area contributed by atoms with Gasteiger partial charge < -0.3 is 10.6 Å². The van der Waals surface area contributed by atoms with Gasteiger partial charge in [-0.3, -0.25) is 4.79 Å². The van der Waals surface area contributed by atoms with Gasteiger partial charge in [-0.15, -0.1) is 5.10 Å². The van der Waals surface area contributed by atoms with Gasteiger partial charge in [-0.05, 0) is 12.8 Å². The molecule has 2 N–H and O–H groups in total. The van der Waals surface area contributed by atoms with Crippen LogP contribution >= 0.6 is 0 Å². The molecule has 1 amide bonds. The Morgan fingerprint density at radius 1 is 1.32 bits per heavy atom. The van der Waals surface area contributed by atoms with E-state index >= 15 is 0 Å². The van der Waals surface area contributed by atoms with E-state index in [0.29, 0.717) is 19.0 Å². The quantitative estimate of drug-likeness (QED) is 0.854. The third-order valence-electron chi connectivity index (χ3n) is 3.16. The molecule has 0 atom stereocenters. The number of carbonyl (C=O) groups excluding carboxylic acids is 1. The molecule has 1 fully saturated rings. The Morgan fingerprint density at radius 3 is 3.00 bits per heavy atom. The first-order valence-electron chi connectivity index (χ1n) is 6.56. The van der Waals surface area contributed by atoms with E-state index in [9.17, 15) is 4.79 Å². The zero-order valence-electron chi connectivity index (χ0n) is 10.6. The maximum Gasteiger partial charge on any atom is 0.221 e. The van der Waals surface area contributed by atoms with Gasteiger partial charge in [0.1, 0.15) is 0 Å². The average Bonchev–Trinajstić information content (AvgIpc) is 3.23. The molecule has 0 saturated heterocycles. The van der Waals surface area contributed by atoms with E-state index in [4.69, 9.17) is 0 Å². The molecule has 1 heterocycles. The predicted molar refractivity (Wildman–Crippen MR) is 73.8 cm³/mol. The fourth-order valence-electron chi connectivity index (χ4n) is 1.98. The molecule has 0 aliphatic heterocycles. The number of anilines is 1. The highest BCUT2D eigenvalue weighted by Crippen LogP contribution is 2.20. The van der Waals surface area contributed by atoms with Gasteiger partial charge >= 0.3 is 0 Å². The Kier molecular flexibility index (Phi) is 3.27. The summed E-state index contributed by atoms with van der Waals surface area (Å²) < 4.78 is 0. The Bertz CT molecular complexity index is 590. The summed E-state index contributed by atoms with van der Waals surface area (Å²) in [5.74, 6) is 0.834. The van der Waals surface area contributed by atoms with E-state index in [-0.39, 0.29) is 5.91 Å². The monoisotopic (exact) mass is 256 g/mol. The Morgan fingerprint density at radius 2 is 2.16 bits per heavy atom. The summed E-state index contributed by atoms with van der Waals surface area (Å²) in [7, 11) is 0. The number of rotatable bonds is 5. The van der Waals surface area contributed by atoms with Crippen molar-refractivity contribution >= 4 is 22.5 Å². The van der Waals surface area contributed by atoms with Crippen molar-refractivity contribution in [3.8, 4) is 0 Å². The minimum absolute atomic E-state index is 0.100. The number of nitrogens with zero attached hydrogens (tertiary/aromatic N) is 2. The molecule has 0 bridgehead atoms. The molecule has 5 heteroatoms. The average molecular weight is 256 g/mol. The van der Waals surface area contributed by atoms with Crippen LogP contribution in [0.15, 0.2) is 30.5 Å². The number of benzene rings is 1. The molecule has 0 radical (unpaired) electrons. The molecule has 1 aliphatic rings. The standard InChI is InChI=1S/C14H16N4O/c19-13(17-11-5-6-11)7-8-15-14-12-4-2-1-3-10(12)9-16-18-14/h1-4,9,11H,5-8H2,(H,15,18)(H,17,19). The summed E-state index contributed by atoms with van der Waals surface area (Å²) in [4.78, 5) is 11.6. The molecule has 5 nitrogen and oxygen atoms in total. The first-order valence-corrected chi connectivity index (χ1v) is 6.56. The lowest BCUT2D eigenvalue weighted by atomic mass is 10.2. The van der Waals surface area contributed by atoms with Gasteiger partial charge in [-0.2, -0.15) is 5.10 Å². The molecular weight excluding hydrogens is 240 g/mol. The summed E-state index contributed by atoms with van der Waals surface area (Å²) >= 11 is 0.